The van der Waals surface area contributed by atoms with Gasteiger partial charge in [0.1, 0.15) is 0 Å². The summed E-state index contributed by atoms with van der Waals surface area (Å²) in [6.07, 6.45) is 2.61. The highest BCUT2D eigenvalue weighted by Crippen LogP contribution is 2.15. The monoisotopic (exact) mass is 325 g/mol. The topological polar surface area (TPSA) is 78.5 Å². The average molecular weight is 325 g/mol. The van der Waals surface area contributed by atoms with Crippen LogP contribution in [0.15, 0.2) is 30.3 Å². The number of amides is 1. The molecule has 6 nitrogen and oxygen atoms in total. The summed E-state index contributed by atoms with van der Waals surface area (Å²) in [6.45, 7) is 3.29. The summed E-state index contributed by atoms with van der Waals surface area (Å²) in [7, 11) is -3.17. The second-order valence-electron chi connectivity index (χ2n) is 5.73. The van der Waals surface area contributed by atoms with Crippen molar-refractivity contribution in [1.82, 2.24) is 9.62 Å². The van der Waals surface area contributed by atoms with Crippen LogP contribution in [-0.4, -0.2) is 50.7 Å². The van der Waals surface area contributed by atoms with Crippen molar-refractivity contribution in [3.63, 3.8) is 0 Å². The fourth-order valence-electron chi connectivity index (χ4n) is 2.64. The Morgan fingerprint density at radius 3 is 2.36 bits per heavy atom. The third-order valence-electron chi connectivity index (χ3n) is 3.88. The second-order valence-corrected chi connectivity index (χ2v) is 7.51. The Bertz CT molecular complexity index is 596. The fourth-order valence-corrected chi connectivity index (χ4v) is 3.48. The zero-order valence-corrected chi connectivity index (χ0v) is 13.8. The van der Waals surface area contributed by atoms with Crippen molar-refractivity contribution in [3.8, 4) is 0 Å². The Morgan fingerprint density at radius 2 is 1.82 bits per heavy atom. The van der Waals surface area contributed by atoms with E-state index < -0.39 is 10.0 Å². The molecule has 1 aromatic carbocycles. The van der Waals surface area contributed by atoms with E-state index in [1.165, 1.54) is 6.26 Å². The molecule has 2 rings (SSSR count). The molecule has 0 aromatic heterocycles. The predicted molar refractivity (Wildman–Crippen MR) is 87.1 cm³/mol. The Kier molecular flexibility index (Phi) is 5.55. The molecular weight excluding hydrogens is 302 g/mol. The SMILES string of the molecule is CC(C(=O)Nc1ccccc1)N1CCC(NS(C)(=O)=O)CC1. The number of hydrogen-bond acceptors (Lipinski definition) is 4. The largest absolute Gasteiger partial charge is 0.325 e. The highest BCUT2D eigenvalue weighted by molar-refractivity contribution is 7.88. The van der Waals surface area contributed by atoms with Crippen LogP contribution >= 0.6 is 0 Å². The van der Waals surface area contributed by atoms with E-state index in [0.717, 1.165) is 18.5 Å². The van der Waals surface area contributed by atoms with Gasteiger partial charge in [-0.2, -0.15) is 0 Å². The Hall–Kier alpha value is -1.44. The van der Waals surface area contributed by atoms with E-state index in [-0.39, 0.29) is 18.0 Å². The number of nitrogens with one attached hydrogen (secondary N) is 2. The van der Waals surface area contributed by atoms with Gasteiger partial charge in [0, 0.05) is 24.8 Å². The number of anilines is 1. The first-order chi connectivity index (χ1) is 10.3. The van der Waals surface area contributed by atoms with Crippen molar-refractivity contribution in [2.75, 3.05) is 24.7 Å². The quantitative estimate of drug-likeness (QED) is 0.847. The minimum Gasteiger partial charge on any atom is -0.325 e. The minimum atomic E-state index is -3.17. The minimum absolute atomic E-state index is 0.0318. The lowest BCUT2D eigenvalue weighted by Gasteiger charge is -2.35. The maximum atomic E-state index is 12.3. The third kappa shape index (κ3) is 5.08. The molecule has 1 fully saturated rings. The third-order valence-corrected chi connectivity index (χ3v) is 4.64. The second kappa shape index (κ2) is 7.21. The van der Waals surface area contributed by atoms with Crippen molar-refractivity contribution in [3.05, 3.63) is 30.3 Å². The molecule has 1 aliphatic rings. The first-order valence-corrected chi connectivity index (χ1v) is 9.31. The fraction of sp³-hybridized carbons (Fsp3) is 0.533. The number of rotatable bonds is 5. The number of hydrogen-bond donors (Lipinski definition) is 2. The van der Waals surface area contributed by atoms with Gasteiger partial charge >= 0.3 is 0 Å². The maximum Gasteiger partial charge on any atom is 0.241 e. The van der Waals surface area contributed by atoms with Crippen molar-refractivity contribution in [2.24, 2.45) is 0 Å². The van der Waals surface area contributed by atoms with Crippen LogP contribution in [0, 0.1) is 0 Å². The Balaban J connectivity index is 1.84. The van der Waals surface area contributed by atoms with Gasteiger partial charge in [-0.15, -0.1) is 0 Å². The molecule has 0 spiro atoms. The van der Waals surface area contributed by atoms with E-state index in [1.54, 1.807) is 0 Å². The zero-order valence-electron chi connectivity index (χ0n) is 13.0. The molecule has 1 heterocycles. The molecule has 7 heteroatoms. The molecule has 0 radical (unpaired) electrons. The van der Waals surface area contributed by atoms with Gasteiger partial charge in [-0.05, 0) is 31.9 Å². The average Bonchev–Trinajstić information content (AvgIpc) is 2.46. The first-order valence-electron chi connectivity index (χ1n) is 7.42. The highest BCUT2D eigenvalue weighted by atomic mass is 32.2. The molecule has 1 atom stereocenters. The first kappa shape index (κ1) is 16.9. The lowest BCUT2D eigenvalue weighted by atomic mass is 10.0. The molecule has 1 aromatic rings. The number of benzene rings is 1. The molecular formula is C15H23N3O3S. The van der Waals surface area contributed by atoms with Gasteiger partial charge in [0.15, 0.2) is 0 Å². The van der Waals surface area contributed by atoms with Crippen LogP contribution in [0.2, 0.25) is 0 Å². The van der Waals surface area contributed by atoms with Crippen LogP contribution in [-0.2, 0) is 14.8 Å². The summed E-state index contributed by atoms with van der Waals surface area (Å²) in [4.78, 5) is 14.3. The van der Waals surface area contributed by atoms with Crippen molar-refractivity contribution >= 4 is 21.6 Å². The van der Waals surface area contributed by atoms with Crippen molar-refractivity contribution in [2.45, 2.75) is 31.8 Å². The van der Waals surface area contributed by atoms with Crippen LogP contribution in [0.3, 0.4) is 0 Å². The number of nitrogens with zero attached hydrogens (tertiary/aromatic N) is 1. The summed E-state index contributed by atoms with van der Waals surface area (Å²) < 4.78 is 25.1. The molecule has 0 bridgehead atoms. The van der Waals surface area contributed by atoms with Gasteiger partial charge in [0.25, 0.3) is 0 Å². The molecule has 1 aliphatic heterocycles. The molecule has 1 amide bonds. The van der Waals surface area contributed by atoms with Crippen molar-refractivity contribution in [1.29, 1.82) is 0 Å². The Labute approximate surface area is 131 Å². The van der Waals surface area contributed by atoms with Gasteiger partial charge in [0.2, 0.25) is 15.9 Å². The van der Waals surface area contributed by atoms with Gasteiger partial charge in [0.05, 0.1) is 12.3 Å². The molecule has 0 saturated carbocycles. The number of carbonyl (C=O) groups is 1. The smallest absolute Gasteiger partial charge is 0.241 e. The molecule has 122 valence electrons. The molecule has 0 aliphatic carbocycles. The lowest BCUT2D eigenvalue weighted by molar-refractivity contribution is -0.121. The van der Waals surface area contributed by atoms with Crippen LogP contribution in [0.1, 0.15) is 19.8 Å². The standard InChI is InChI=1S/C15H23N3O3S/c1-12(15(19)16-13-6-4-3-5-7-13)18-10-8-14(9-11-18)17-22(2,20)21/h3-7,12,14,17H,8-11H2,1-2H3,(H,16,19). The summed E-state index contributed by atoms with van der Waals surface area (Å²) in [5.41, 5.74) is 0.785. The van der Waals surface area contributed by atoms with E-state index in [2.05, 4.69) is 14.9 Å². The predicted octanol–water partition coefficient (Wildman–Crippen LogP) is 1.03. The van der Waals surface area contributed by atoms with E-state index in [0.29, 0.717) is 13.1 Å². The lowest BCUT2D eigenvalue weighted by Crippen LogP contribution is -2.50. The summed E-state index contributed by atoms with van der Waals surface area (Å²) in [5, 5.41) is 2.90. The van der Waals surface area contributed by atoms with Crippen molar-refractivity contribution < 1.29 is 13.2 Å². The van der Waals surface area contributed by atoms with Gasteiger partial charge < -0.3 is 5.32 Å². The van der Waals surface area contributed by atoms with Crippen LogP contribution in [0.25, 0.3) is 0 Å². The number of para-hydroxylation sites is 1. The normalized spacial score (nSPS) is 18.8. The van der Waals surface area contributed by atoms with Gasteiger partial charge in [-0.1, -0.05) is 18.2 Å². The number of piperidine rings is 1. The summed E-state index contributed by atoms with van der Waals surface area (Å²) in [5.74, 6) is -0.0410. The highest BCUT2D eigenvalue weighted by Gasteiger charge is 2.27. The summed E-state index contributed by atoms with van der Waals surface area (Å²) >= 11 is 0. The Morgan fingerprint density at radius 1 is 1.23 bits per heavy atom. The van der Waals surface area contributed by atoms with E-state index in [1.807, 2.05) is 37.3 Å². The number of carbonyl (C=O) groups excluding carboxylic acids is 1. The van der Waals surface area contributed by atoms with E-state index >= 15 is 0 Å². The number of likely N-dealkylation sites (tertiary alicyclic amines) is 1. The molecule has 22 heavy (non-hydrogen) atoms. The van der Waals surface area contributed by atoms with Crippen LogP contribution in [0.5, 0.6) is 0 Å². The number of sulfonamides is 1. The summed E-state index contributed by atoms with van der Waals surface area (Å²) in [6, 6.07) is 9.10. The maximum absolute atomic E-state index is 12.3. The van der Waals surface area contributed by atoms with E-state index in [9.17, 15) is 13.2 Å². The molecule has 2 N–H and O–H groups in total. The van der Waals surface area contributed by atoms with Gasteiger partial charge in [-0.25, -0.2) is 13.1 Å². The van der Waals surface area contributed by atoms with Crippen LogP contribution < -0.4 is 10.0 Å². The van der Waals surface area contributed by atoms with Gasteiger partial charge in [-0.3, -0.25) is 9.69 Å². The van der Waals surface area contributed by atoms with Crippen LogP contribution in [0.4, 0.5) is 5.69 Å². The zero-order chi connectivity index (χ0) is 16.2. The molecule has 1 unspecified atom stereocenters. The molecule has 1 saturated heterocycles. The van der Waals surface area contributed by atoms with E-state index in [4.69, 9.17) is 0 Å².